The van der Waals surface area contributed by atoms with Gasteiger partial charge in [-0.15, -0.1) is 0 Å². The topological polar surface area (TPSA) is 24.9 Å². The van der Waals surface area contributed by atoms with Crippen LogP contribution in [-0.4, -0.2) is 26.0 Å². The van der Waals surface area contributed by atoms with Crippen molar-refractivity contribution in [1.82, 2.24) is 0 Å². The molecular formula is C23H28N2O2. The van der Waals surface area contributed by atoms with Gasteiger partial charge in [0.25, 0.3) is 0 Å². The molecule has 0 spiro atoms. The molecule has 27 heavy (non-hydrogen) atoms. The molecule has 0 aromatic heterocycles. The molecule has 4 rings (SSSR count). The average molecular weight is 364 g/mol. The third kappa shape index (κ3) is 3.97. The summed E-state index contributed by atoms with van der Waals surface area (Å²) in [5.41, 5.74) is 7.79. The molecule has 0 unspecified atom stereocenters. The van der Waals surface area contributed by atoms with Gasteiger partial charge in [-0.1, -0.05) is 29.8 Å². The van der Waals surface area contributed by atoms with Crippen LogP contribution in [0.25, 0.3) is 0 Å². The summed E-state index contributed by atoms with van der Waals surface area (Å²) in [6, 6.07) is 13.1. The van der Waals surface area contributed by atoms with E-state index in [4.69, 9.17) is 9.47 Å². The molecule has 2 aliphatic heterocycles. The highest BCUT2D eigenvalue weighted by atomic mass is 16.7. The van der Waals surface area contributed by atoms with Crippen LogP contribution in [0.2, 0.25) is 0 Å². The van der Waals surface area contributed by atoms with Crippen LogP contribution in [0.5, 0.6) is 0 Å². The average Bonchev–Trinajstić information content (AvgIpc) is 3.02. The van der Waals surface area contributed by atoms with Crippen LogP contribution in [0, 0.1) is 27.4 Å². The van der Waals surface area contributed by atoms with Crippen LogP contribution in [0.4, 0.5) is 11.4 Å². The summed E-state index contributed by atoms with van der Waals surface area (Å²) in [5, 5.41) is 0. The molecule has 1 fully saturated rings. The van der Waals surface area contributed by atoms with Crippen LogP contribution in [0.15, 0.2) is 36.4 Å². The maximum absolute atomic E-state index is 5.70. The third-order valence-corrected chi connectivity index (χ3v) is 5.35. The summed E-state index contributed by atoms with van der Waals surface area (Å²) in [7, 11) is 0. The summed E-state index contributed by atoms with van der Waals surface area (Å²) < 4.78 is 11.4. The molecule has 0 N–H and O–H groups in total. The summed E-state index contributed by atoms with van der Waals surface area (Å²) in [5.74, 6) is 0. The van der Waals surface area contributed by atoms with Gasteiger partial charge in [-0.3, -0.25) is 0 Å². The zero-order valence-corrected chi connectivity index (χ0v) is 16.5. The highest BCUT2D eigenvalue weighted by Crippen LogP contribution is 2.39. The molecular weight excluding hydrogens is 336 g/mol. The Hall–Kier alpha value is -2.04. The predicted octanol–water partition coefficient (Wildman–Crippen LogP) is 4.59. The molecule has 0 aliphatic carbocycles. The minimum atomic E-state index is -0.0941. The van der Waals surface area contributed by atoms with E-state index in [1.54, 1.807) is 0 Å². The van der Waals surface area contributed by atoms with E-state index in [1.165, 1.54) is 33.6 Å². The lowest BCUT2D eigenvalue weighted by atomic mass is 9.99. The first kappa shape index (κ1) is 18.3. The number of aryl methyl sites for hydroxylation is 3. The first-order valence-electron chi connectivity index (χ1n) is 9.82. The molecule has 4 nitrogen and oxygen atoms in total. The van der Waals surface area contributed by atoms with Gasteiger partial charge in [-0.25, -0.2) is 0 Å². The minimum Gasteiger partial charge on any atom is -0.353 e. The van der Waals surface area contributed by atoms with E-state index in [1.807, 2.05) is 0 Å². The first-order chi connectivity index (χ1) is 13.1. The largest absolute Gasteiger partial charge is 0.353 e. The fourth-order valence-corrected chi connectivity index (χ4v) is 4.02. The van der Waals surface area contributed by atoms with Gasteiger partial charge in [0.1, 0.15) is 0 Å². The van der Waals surface area contributed by atoms with Gasteiger partial charge in [-0.05, 0) is 56.0 Å². The third-order valence-electron chi connectivity index (χ3n) is 5.35. The molecule has 0 saturated carbocycles. The normalized spacial score (nSPS) is 17.4. The molecule has 2 aromatic rings. The monoisotopic (exact) mass is 364 g/mol. The lowest BCUT2D eigenvalue weighted by Crippen LogP contribution is -2.31. The maximum Gasteiger partial charge on any atom is 0.209 e. The van der Waals surface area contributed by atoms with E-state index in [9.17, 15) is 0 Å². The van der Waals surface area contributed by atoms with Gasteiger partial charge in [0.05, 0.1) is 24.6 Å². The van der Waals surface area contributed by atoms with Crippen LogP contribution < -0.4 is 9.80 Å². The van der Waals surface area contributed by atoms with Crippen molar-refractivity contribution in [2.24, 2.45) is 0 Å². The van der Waals surface area contributed by atoms with Gasteiger partial charge >= 0.3 is 0 Å². The molecule has 2 aromatic carbocycles. The zero-order valence-electron chi connectivity index (χ0n) is 16.5. The fraction of sp³-hybridized carbons (Fsp3) is 0.435. The second-order valence-corrected chi connectivity index (χ2v) is 7.52. The zero-order chi connectivity index (χ0) is 18.8. The number of hydrogen-bond donors (Lipinski definition) is 0. The summed E-state index contributed by atoms with van der Waals surface area (Å²) >= 11 is 0. The van der Waals surface area contributed by atoms with E-state index in [2.05, 4.69) is 73.6 Å². The molecule has 2 aliphatic rings. The Bertz CT molecular complexity index is 776. The Morgan fingerprint density at radius 1 is 0.963 bits per heavy atom. The van der Waals surface area contributed by atoms with Crippen molar-refractivity contribution < 1.29 is 9.47 Å². The van der Waals surface area contributed by atoms with Crippen LogP contribution in [-0.2, 0) is 16.0 Å². The van der Waals surface area contributed by atoms with Crippen LogP contribution in [0.1, 0.15) is 35.1 Å². The molecule has 4 heteroatoms. The van der Waals surface area contributed by atoms with Gasteiger partial charge < -0.3 is 19.3 Å². The number of nitrogens with zero attached hydrogens (tertiary/aromatic N) is 2. The highest BCUT2D eigenvalue weighted by Gasteiger charge is 2.29. The number of benzene rings is 2. The van der Waals surface area contributed by atoms with Crippen molar-refractivity contribution in [2.45, 2.75) is 46.4 Å². The molecule has 142 valence electrons. The summed E-state index contributed by atoms with van der Waals surface area (Å²) in [4.78, 5) is 4.44. The van der Waals surface area contributed by atoms with E-state index >= 15 is 0 Å². The Kier molecular flexibility index (Phi) is 5.37. The second kappa shape index (κ2) is 7.91. The van der Waals surface area contributed by atoms with Gasteiger partial charge in [0, 0.05) is 19.5 Å². The van der Waals surface area contributed by atoms with Crippen molar-refractivity contribution in [3.05, 3.63) is 65.3 Å². The number of fused-ring (bicyclic) bond motifs is 1. The molecule has 0 amide bonds. The lowest BCUT2D eigenvalue weighted by molar-refractivity contribution is -0.179. The highest BCUT2D eigenvalue weighted by molar-refractivity contribution is 5.78. The molecule has 2 radical (unpaired) electrons. The van der Waals surface area contributed by atoms with E-state index in [0.717, 1.165) is 39.1 Å². The van der Waals surface area contributed by atoms with Crippen LogP contribution >= 0.6 is 0 Å². The number of hydrogen-bond acceptors (Lipinski definition) is 4. The fourth-order valence-electron chi connectivity index (χ4n) is 4.02. The van der Waals surface area contributed by atoms with Gasteiger partial charge in [0.2, 0.25) is 6.67 Å². The Balaban J connectivity index is 1.50. The predicted molar refractivity (Wildman–Crippen MR) is 109 cm³/mol. The number of ether oxygens (including phenoxy) is 2. The standard InChI is InChI=1S/C23H28N2O2/c1-17-13-18(2)20(19(3)14-17)15-25-16-24(21-7-4-5-8-22(21)25)10-9-23-26-11-6-12-27-23/h4-5,7-8,13-14,23H,6,9-12,15H2,1-3H3. The second-order valence-electron chi connectivity index (χ2n) is 7.52. The van der Waals surface area contributed by atoms with Crippen molar-refractivity contribution >= 4 is 11.4 Å². The van der Waals surface area contributed by atoms with Crippen molar-refractivity contribution in [3.63, 3.8) is 0 Å². The van der Waals surface area contributed by atoms with Gasteiger partial charge in [-0.2, -0.15) is 0 Å². The summed E-state index contributed by atoms with van der Waals surface area (Å²) in [6.07, 6.45) is 1.74. The smallest absolute Gasteiger partial charge is 0.209 e. The Labute approximate surface area is 162 Å². The summed E-state index contributed by atoms with van der Waals surface area (Å²) in [6.45, 7) is 13.4. The Morgan fingerprint density at radius 2 is 1.59 bits per heavy atom. The van der Waals surface area contributed by atoms with E-state index in [0.29, 0.717) is 0 Å². The number of rotatable bonds is 5. The van der Waals surface area contributed by atoms with E-state index in [-0.39, 0.29) is 6.29 Å². The number of anilines is 2. The first-order valence-corrected chi connectivity index (χ1v) is 9.82. The molecule has 2 heterocycles. The lowest BCUT2D eigenvalue weighted by Gasteiger charge is -2.26. The molecule has 1 saturated heterocycles. The maximum atomic E-state index is 5.70. The Morgan fingerprint density at radius 3 is 2.26 bits per heavy atom. The molecule has 0 atom stereocenters. The van der Waals surface area contributed by atoms with E-state index < -0.39 is 0 Å². The minimum absolute atomic E-state index is 0.0941. The molecule has 0 bridgehead atoms. The SMILES string of the molecule is Cc1cc(C)c(CN2[C]N(CCC3OCCCO3)c3ccccc32)c(C)c1. The van der Waals surface area contributed by atoms with Crippen LogP contribution in [0.3, 0.4) is 0 Å². The number of para-hydroxylation sites is 2. The van der Waals surface area contributed by atoms with Gasteiger partial charge in [0.15, 0.2) is 6.29 Å². The van der Waals surface area contributed by atoms with Crippen molar-refractivity contribution in [3.8, 4) is 0 Å². The quantitative estimate of drug-likeness (QED) is 0.775. The van der Waals surface area contributed by atoms with Crippen molar-refractivity contribution in [1.29, 1.82) is 0 Å². The van der Waals surface area contributed by atoms with Crippen molar-refractivity contribution in [2.75, 3.05) is 29.6 Å².